The van der Waals surface area contributed by atoms with E-state index in [1.54, 1.807) is 18.2 Å². The fourth-order valence-corrected chi connectivity index (χ4v) is 3.53. The molecule has 0 unspecified atom stereocenters. The van der Waals surface area contributed by atoms with Crippen molar-refractivity contribution in [1.82, 2.24) is 5.32 Å². The van der Waals surface area contributed by atoms with E-state index in [4.69, 9.17) is 0 Å². The third-order valence-corrected chi connectivity index (χ3v) is 4.60. The first kappa shape index (κ1) is 13.8. The fourth-order valence-electron chi connectivity index (χ4n) is 3.53. The molecular formula is C16H18N2O3. The van der Waals surface area contributed by atoms with Crippen LogP contribution in [0.15, 0.2) is 30.3 Å². The van der Waals surface area contributed by atoms with Crippen LogP contribution in [0.1, 0.15) is 31.2 Å². The van der Waals surface area contributed by atoms with Gasteiger partial charge in [-0.3, -0.25) is 14.9 Å². The van der Waals surface area contributed by atoms with Gasteiger partial charge in [-0.15, -0.1) is 0 Å². The number of fused-ring (bicyclic) bond motifs is 2. The Labute approximate surface area is 123 Å². The highest BCUT2D eigenvalue weighted by Gasteiger charge is 2.39. The number of non-ortho nitro benzene ring substituents is 1. The van der Waals surface area contributed by atoms with Gasteiger partial charge in [-0.2, -0.15) is 0 Å². The molecule has 1 aromatic rings. The Morgan fingerprint density at radius 2 is 2.00 bits per heavy atom. The number of carbonyl (C=O) groups is 1. The smallest absolute Gasteiger partial charge is 0.269 e. The third-order valence-electron chi connectivity index (χ3n) is 4.60. The largest absolute Gasteiger partial charge is 0.350 e. The van der Waals surface area contributed by atoms with Crippen LogP contribution in [0.3, 0.4) is 0 Å². The Morgan fingerprint density at radius 1 is 1.24 bits per heavy atom. The van der Waals surface area contributed by atoms with Crippen molar-refractivity contribution in [1.29, 1.82) is 0 Å². The molecule has 0 aliphatic heterocycles. The van der Waals surface area contributed by atoms with E-state index in [1.165, 1.54) is 37.5 Å². The highest BCUT2D eigenvalue weighted by Crippen LogP contribution is 2.44. The maximum absolute atomic E-state index is 11.9. The zero-order chi connectivity index (χ0) is 14.8. The number of nitro groups is 1. The summed E-state index contributed by atoms with van der Waals surface area (Å²) >= 11 is 0. The van der Waals surface area contributed by atoms with E-state index >= 15 is 0 Å². The van der Waals surface area contributed by atoms with Gasteiger partial charge in [0, 0.05) is 24.3 Å². The number of benzene rings is 1. The molecule has 2 bridgehead atoms. The minimum Gasteiger partial charge on any atom is -0.350 e. The van der Waals surface area contributed by atoms with Gasteiger partial charge in [0.25, 0.3) is 5.69 Å². The van der Waals surface area contributed by atoms with Gasteiger partial charge in [-0.1, -0.05) is 6.42 Å². The average Bonchev–Trinajstić information content (AvgIpc) is 3.08. The van der Waals surface area contributed by atoms with Crippen molar-refractivity contribution in [2.45, 2.75) is 31.7 Å². The lowest BCUT2D eigenvalue weighted by Crippen LogP contribution is -2.37. The Hall–Kier alpha value is -2.17. The summed E-state index contributed by atoms with van der Waals surface area (Å²) in [6, 6.07) is 6.48. The number of nitrogens with zero attached hydrogens (tertiary/aromatic N) is 1. The summed E-state index contributed by atoms with van der Waals surface area (Å²) in [4.78, 5) is 22.0. The van der Waals surface area contributed by atoms with Gasteiger partial charge >= 0.3 is 0 Å². The molecule has 3 atom stereocenters. The summed E-state index contributed by atoms with van der Waals surface area (Å²) < 4.78 is 0. The number of hydrogen-bond donors (Lipinski definition) is 1. The molecule has 0 aromatic heterocycles. The van der Waals surface area contributed by atoms with Crippen LogP contribution in [-0.2, 0) is 4.79 Å². The molecule has 2 saturated carbocycles. The molecule has 1 N–H and O–H groups in total. The van der Waals surface area contributed by atoms with Crippen molar-refractivity contribution >= 4 is 17.7 Å². The van der Waals surface area contributed by atoms with Gasteiger partial charge in [0.05, 0.1) is 4.92 Å². The van der Waals surface area contributed by atoms with E-state index in [2.05, 4.69) is 5.32 Å². The molecule has 0 spiro atoms. The van der Waals surface area contributed by atoms with Crippen LogP contribution >= 0.6 is 0 Å². The van der Waals surface area contributed by atoms with Crippen molar-refractivity contribution in [2.24, 2.45) is 11.8 Å². The summed E-state index contributed by atoms with van der Waals surface area (Å²) in [7, 11) is 0. The summed E-state index contributed by atoms with van der Waals surface area (Å²) in [5, 5.41) is 13.6. The number of nitro benzene ring substituents is 1. The van der Waals surface area contributed by atoms with Crippen molar-refractivity contribution in [3.8, 4) is 0 Å². The molecule has 21 heavy (non-hydrogen) atoms. The number of rotatable bonds is 4. The predicted octanol–water partition coefficient (Wildman–Crippen LogP) is 2.91. The standard InChI is InChI=1S/C16H18N2O3/c19-16(17-15-10-12-1-5-13(15)9-12)8-4-11-2-6-14(7-3-11)18(20)21/h2-4,6-8,12-13,15H,1,5,9-10H2,(H,17,19)/b8-4+/t12-,13+,15-/m1/s1. The van der Waals surface area contributed by atoms with Crippen molar-refractivity contribution < 1.29 is 9.72 Å². The van der Waals surface area contributed by atoms with Crippen LogP contribution in [-0.4, -0.2) is 16.9 Å². The molecule has 1 amide bonds. The molecular weight excluding hydrogens is 268 g/mol. The predicted molar refractivity (Wildman–Crippen MR) is 79.5 cm³/mol. The minimum atomic E-state index is -0.435. The maximum atomic E-state index is 11.9. The average molecular weight is 286 g/mol. The molecule has 5 nitrogen and oxygen atoms in total. The zero-order valence-electron chi connectivity index (χ0n) is 11.7. The first-order chi connectivity index (χ1) is 10.1. The Bertz CT molecular complexity index is 580. The van der Waals surface area contributed by atoms with E-state index < -0.39 is 4.92 Å². The second-order valence-corrected chi connectivity index (χ2v) is 5.97. The van der Waals surface area contributed by atoms with E-state index in [-0.39, 0.29) is 11.6 Å². The summed E-state index contributed by atoms with van der Waals surface area (Å²) in [5.41, 5.74) is 0.835. The molecule has 5 heteroatoms. The van der Waals surface area contributed by atoms with Gasteiger partial charge in [-0.05, 0) is 54.9 Å². The van der Waals surface area contributed by atoms with Crippen molar-refractivity contribution in [3.05, 3.63) is 46.0 Å². The minimum absolute atomic E-state index is 0.0542. The second-order valence-electron chi connectivity index (χ2n) is 5.97. The van der Waals surface area contributed by atoms with E-state index in [0.29, 0.717) is 12.0 Å². The Balaban J connectivity index is 1.55. The lowest BCUT2D eigenvalue weighted by Gasteiger charge is -2.22. The molecule has 0 saturated heterocycles. The second kappa shape index (κ2) is 5.68. The monoisotopic (exact) mass is 286 g/mol. The molecule has 110 valence electrons. The van der Waals surface area contributed by atoms with Gasteiger partial charge in [-0.25, -0.2) is 0 Å². The number of hydrogen-bond acceptors (Lipinski definition) is 3. The molecule has 2 aliphatic carbocycles. The number of amides is 1. The quantitative estimate of drug-likeness (QED) is 0.525. The molecule has 3 rings (SSSR count). The van der Waals surface area contributed by atoms with Gasteiger partial charge < -0.3 is 5.32 Å². The summed E-state index contributed by atoms with van der Waals surface area (Å²) in [5.74, 6) is 1.39. The molecule has 1 aromatic carbocycles. The van der Waals surface area contributed by atoms with Crippen LogP contribution < -0.4 is 5.32 Å². The van der Waals surface area contributed by atoms with Crippen molar-refractivity contribution in [3.63, 3.8) is 0 Å². The Morgan fingerprint density at radius 3 is 2.57 bits per heavy atom. The Kier molecular flexibility index (Phi) is 3.73. The van der Waals surface area contributed by atoms with Crippen LogP contribution in [0.5, 0.6) is 0 Å². The zero-order valence-corrected chi connectivity index (χ0v) is 11.7. The topological polar surface area (TPSA) is 72.2 Å². The fraction of sp³-hybridized carbons (Fsp3) is 0.438. The molecule has 2 aliphatic rings. The first-order valence-electron chi connectivity index (χ1n) is 7.35. The van der Waals surface area contributed by atoms with Gasteiger partial charge in [0.15, 0.2) is 0 Å². The van der Waals surface area contributed by atoms with E-state index in [1.807, 2.05) is 0 Å². The normalized spacial score (nSPS) is 27.1. The van der Waals surface area contributed by atoms with Crippen LogP contribution in [0.2, 0.25) is 0 Å². The van der Waals surface area contributed by atoms with Crippen molar-refractivity contribution in [2.75, 3.05) is 0 Å². The highest BCUT2D eigenvalue weighted by atomic mass is 16.6. The highest BCUT2D eigenvalue weighted by molar-refractivity contribution is 5.92. The molecule has 0 heterocycles. The first-order valence-corrected chi connectivity index (χ1v) is 7.35. The number of carbonyl (C=O) groups excluding carboxylic acids is 1. The van der Waals surface area contributed by atoms with Crippen LogP contribution in [0.4, 0.5) is 5.69 Å². The SMILES string of the molecule is O=C(/C=C/c1ccc([N+](=O)[O-])cc1)N[C@@H]1C[C@@H]2CC[C@H]1C2. The molecule has 2 fully saturated rings. The third kappa shape index (κ3) is 3.12. The van der Waals surface area contributed by atoms with Crippen LogP contribution in [0.25, 0.3) is 6.08 Å². The van der Waals surface area contributed by atoms with Crippen LogP contribution in [0, 0.1) is 22.0 Å². The van der Waals surface area contributed by atoms with Gasteiger partial charge in [0.2, 0.25) is 5.91 Å². The number of nitrogens with one attached hydrogen (secondary N) is 1. The summed E-state index contributed by atoms with van der Waals surface area (Å²) in [6.45, 7) is 0. The van der Waals surface area contributed by atoms with E-state index in [0.717, 1.165) is 17.9 Å². The molecule has 0 radical (unpaired) electrons. The lowest BCUT2D eigenvalue weighted by molar-refractivity contribution is -0.384. The maximum Gasteiger partial charge on any atom is 0.269 e. The van der Waals surface area contributed by atoms with E-state index in [9.17, 15) is 14.9 Å². The lowest BCUT2D eigenvalue weighted by atomic mass is 9.95. The van der Waals surface area contributed by atoms with Gasteiger partial charge in [0.1, 0.15) is 0 Å². The summed E-state index contributed by atoms with van der Waals surface area (Å²) in [6.07, 6.45) is 8.12.